The average Bonchev–Trinajstić information content (AvgIpc) is 2.26. The summed E-state index contributed by atoms with van der Waals surface area (Å²) in [4.78, 5) is 22.3. The van der Waals surface area contributed by atoms with Gasteiger partial charge in [0, 0.05) is 0 Å². The van der Waals surface area contributed by atoms with E-state index in [4.69, 9.17) is 10.2 Å². The van der Waals surface area contributed by atoms with Gasteiger partial charge in [-0.3, -0.25) is 9.59 Å². The van der Waals surface area contributed by atoms with E-state index in [0.29, 0.717) is 0 Å². The van der Waals surface area contributed by atoms with Crippen LogP contribution in [0.15, 0.2) is 24.3 Å². The van der Waals surface area contributed by atoms with Crippen LogP contribution in [-0.4, -0.2) is 22.2 Å². The Hall–Kier alpha value is -1.84. The summed E-state index contributed by atoms with van der Waals surface area (Å²) < 4.78 is 0. The molecule has 0 amide bonds. The maximum atomic E-state index is 11.2. The van der Waals surface area contributed by atoms with E-state index in [-0.39, 0.29) is 11.0 Å². The molecule has 0 saturated heterocycles. The minimum atomic E-state index is -1.91. The third-order valence-corrected chi connectivity index (χ3v) is 3.18. The Balaban J connectivity index is 3.26. The average molecular weight is 250 g/mol. The van der Waals surface area contributed by atoms with Crippen molar-refractivity contribution in [3.63, 3.8) is 0 Å². The maximum absolute atomic E-state index is 11.2. The van der Waals surface area contributed by atoms with Gasteiger partial charge in [0.1, 0.15) is 0 Å². The number of rotatable bonds is 3. The van der Waals surface area contributed by atoms with Gasteiger partial charge in [0.2, 0.25) is 0 Å². The number of carbonyl (C=O) groups is 2. The van der Waals surface area contributed by atoms with Crippen LogP contribution in [0.5, 0.6) is 0 Å². The monoisotopic (exact) mass is 250 g/mol. The molecule has 0 fully saturated rings. The lowest BCUT2D eigenvalue weighted by atomic mass is 9.80. The second-order valence-corrected chi connectivity index (χ2v) is 5.56. The van der Waals surface area contributed by atoms with E-state index in [1.54, 1.807) is 24.3 Å². The summed E-state index contributed by atoms with van der Waals surface area (Å²) in [6, 6.07) is 6.70. The molecule has 0 atom stereocenters. The van der Waals surface area contributed by atoms with Crippen LogP contribution < -0.4 is 0 Å². The molecule has 0 aromatic heterocycles. The SMILES string of the molecule is CC(C)(C)c1ccc(C(C)(C(=O)O)C(=O)O)cc1. The highest BCUT2D eigenvalue weighted by atomic mass is 16.4. The largest absolute Gasteiger partial charge is 0.480 e. The number of hydrogen-bond donors (Lipinski definition) is 2. The molecular weight excluding hydrogens is 232 g/mol. The van der Waals surface area contributed by atoms with Crippen molar-refractivity contribution in [2.75, 3.05) is 0 Å². The standard InChI is InChI=1S/C14H18O4/c1-13(2,3)9-5-7-10(8-6-9)14(4,11(15)16)12(17)18/h5-8H,1-4H3,(H,15,16)(H,17,18). The van der Waals surface area contributed by atoms with Crippen molar-refractivity contribution in [3.05, 3.63) is 35.4 Å². The van der Waals surface area contributed by atoms with Gasteiger partial charge in [-0.1, -0.05) is 45.0 Å². The van der Waals surface area contributed by atoms with Crippen LogP contribution in [0.3, 0.4) is 0 Å². The van der Waals surface area contributed by atoms with Crippen LogP contribution in [0, 0.1) is 0 Å². The molecule has 4 nitrogen and oxygen atoms in total. The molecule has 1 aromatic carbocycles. The molecule has 0 aliphatic heterocycles. The van der Waals surface area contributed by atoms with E-state index in [1.807, 2.05) is 20.8 Å². The second-order valence-electron chi connectivity index (χ2n) is 5.56. The minimum Gasteiger partial charge on any atom is -0.480 e. The van der Waals surface area contributed by atoms with E-state index in [0.717, 1.165) is 5.56 Å². The van der Waals surface area contributed by atoms with Crippen LogP contribution in [0.1, 0.15) is 38.8 Å². The fourth-order valence-electron chi connectivity index (χ4n) is 1.64. The van der Waals surface area contributed by atoms with Crippen LogP contribution >= 0.6 is 0 Å². The zero-order valence-electron chi connectivity index (χ0n) is 11.0. The van der Waals surface area contributed by atoms with Crippen LogP contribution in [0.2, 0.25) is 0 Å². The quantitative estimate of drug-likeness (QED) is 0.808. The van der Waals surface area contributed by atoms with Crippen LogP contribution in [0.4, 0.5) is 0 Å². The van der Waals surface area contributed by atoms with Crippen molar-refractivity contribution in [2.45, 2.75) is 38.5 Å². The van der Waals surface area contributed by atoms with Gasteiger partial charge in [-0.05, 0) is 23.5 Å². The summed E-state index contributed by atoms with van der Waals surface area (Å²) in [5, 5.41) is 18.2. The van der Waals surface area contributed by atoms with Gasteiger partial charge in [0.05, 0.1) is 0 Å². The Morgan fingerprint density at radius 3 is 1.44 bits per heavy atom. The van der Waals surface area contributed by atoms with Crippen molar-refractivity contribution in [3.8, 4) is 0 Å². The Morgan fingerprint density at radius 2 is 1.17 bits per heavy atom. The number of carboxylic acid groups (broad SMARTS) is 2. The maximum Gasteiger partial charge on any atom is 0.325 e. The van der Waals surface area contributed by atoms with Crippen molar-refractivity contribution in [2.24, 2.45) is 0 Å². The molecule has 0 unspecified atom stereocenters. The number of benzene rings is 1. The van der Waals surface area contributed by atoms with E-state index >= 15 is 0 Å². The molecule has 0 radical (unpaired) electrons. The van der Waals surface area contributed by atoms with E-state index < -0.39 is 17.4 Å². The normalized spacial score (nSPS) is 12.2. The summed E-state index contributed by atoms with van der Waals surface area (Å²) in [5.41, 5.74) is -0.655. The Morgan fingerprint density at radius 1 is 0.833 bits per heavy atom. The zero-order valence-corrected chi connectivity index (χ0v) is 11.0. The first-order valence-corrected chi connectivity index (χ1v) is 5.68. The van der Waals surface area contributed by atoms with Gasteiger partial charge in [0.15, 0.2) is 5.41 Å². The minimum absolute atomic E-state index is 0.0542. The molecule has 0 aliphatic rings. The molecule has 4 heteroatoms. The summed E-state index contributed by atoms with van der Waals surface area (Å²) in [5.74, 6) is -2.72. The third kappa shape index (κ3) is 2.37. The van der Waals surface area contributed by atoms with Gasteiger partial charge in [-0.2, -0.15) is 0 Å². The first-order valence-electron chi connectivity index (χ1n) is 5.68. The highest BCUT2D eigenvalue weighted by Gasteiger charge is 2.43. The molecule has 0 aliphatic carbocycles. The molecule has 2 N–H and O–H groups in total. The van der Waals surface area contributed by atoms with E-state index in [9.17, 15) is 9.59 Å². The Labute approximate surface area is 106 Å². The summed E-state index contributed by atoms with van der Waals surface area (Å²) >= 11 is 0. The van der Waals surface area contributed by atoms with Crippen molar-refractivity contribution in [1.82, 2.24) is 0 Å². The van der Waals surface area contributed by atoms with Crippen molar-refractivity contribution in [1.29, 1.82) is 0 Å². The zero-order chi connectivity index (χ0) is 14.1. The summed E-state index contributed by atoms with van der Waals surface area (Å²) in [6.45, 7) is 7.31. The van der Waals surface area contributed by atoms with E-state index in [2.05, 4.69) is 0 Å². The molecule has 1 aromatic rings. The van der Waals surface area contributed by atoms with Crippen LogP contribution in [0.25, 0.3) is 0 Å². The number of aliphatic carboxylic acids is 2. The molecular formula is C14H18O4. The molecule has 0 spiro atoms. The molecule has 0 bridgehead atoms. The van der Waals surface area contributed by atoms with E-state index in [1.165, 1.54) is 6.92 Å². The highest BCUT2D eigenvalue weighted by molar-refractivity contribution is 6.04. The lowest BCUT2D eigenvalue weighted by Gasteiger charge is -2.23. The number of carboxylic acids is 2. The van der Waals surface area contributed by atoms with Gasteiger partial charge in [0.25, 0.3) is 0 Å². The highest BCUT2D eigenvalue weighted by Crippen LogP contribution is 2.28. The molecule has 98 valence electrons. The van der Waals surface area contributed by atoms with Crippen LogP contribution in [-0.2, 0) is 20.4 Å². The van der Waals surface area contributed by atoms with Crippen molar-refractivity contribution < 1.29 is 19.8 Å². The Bertz CT molecular complexity index is 452. The van der Waals surface area contributed by atoms with Gasteiger partial charge in [-0.25, -0.2) is 0 Å². The van der Waals surface area contributed by atoms with Gasteiger partial charge >= 0.3 is 11.9 Å². The summed E-state index contributed by atoms with van der Waals surface area (Å²) in [7, 11) is 0. The lowest BCUT2D eigenvalue weighted by Crippen LogP contribution is -2.40. The molecule has 0 heterocycles. The molecule has 18 heavy (non-hydrogen) atoms. The molecule has 0 saturated carbocycles. The Kier molecular flexibility index (Phi) is 3.51. The van der Waals surface area contributed by atoms with Gasteiger partial charge < -0.3 is 10.2 Å². The van der Waals surface area contributed by atoms with Crippen molar-refractivity contribution >= 4 is 11.9 Å². The summed E-state index contributed by atoms with van der Waals surface area (Å²) in [6.07, 6.45) is 0. The second kappa shape index (κ2) is 4.44. The van der Waals surface area contributed by atoms with Gasteiger partial charge in [-0.15, -0.1) is 0 Å². The first kappa shape index (κ1) is 14.2. The molecule has 1 rings (SSSR count). The third-order valence-electron chi connectivity index (χ3n) is 3.18. The first-order chi connectivity index (χ1) is 8.10. The lowest BCUT2D eigenvalue weighted by molar-refractivity contribution is -0.156. The fourth-order valence-corrected chi connectivity index (χ4v) is 1.64. The predicted molar refractivity (Wildman–Crippen MR) is 67.8 cm³/mol. The predicted octanol–water partition coefficient (Wildman–Crippen LogP) is 2.41. The fraction of sp³-hybridized carbons (Fsp3) is 0.429. The topological polar surface area (TPSA) is 74.6 Å². The number of hydrogen-bond acceptors (Lipinski definition) is 2. The smallest absolute Gasteiger partial charge is 0.325 e.